The van der Waals surface area contributed by atoms with Gasteiger partial charge in [-0.15, -0.1) is 0 Å². The Labute approximate surface area is 160 Å². The fourth-order valence-electron chi connectivity index (χ4n) is 4.10. The third kappa shape index (κ3) is 4.28. The summed E-state index contributed by atoms with van der Waals surface area (Å²) in [4.78, 5) is 7.11. The van der Waals surface area contributed by atoms with Crippen molar-refractivity contribution >= 4 is 0 Å². The minimum absolute atomic E-state index is 0.150. The van der Waals surface area contributed by atoms with Crippen LogP contribution in [0.4, 0.5) is 4.39 Å². The molecular formula is C23H26FN3. The highest BCUT2D eigenvalue weighted by Gasteiger charge is 2.22. The maximum atomic E-state index is 13.5. The van der Waals surface area contributed by atoms with Crippen molar-refractivity contribution < 1.29 is 4.39 Å². The van der Waals surface area contributed by atoms with Crippen LogP contribution in [0, 0.1) is 18.7 Å². The Bertz CT molecular complexity index is 888. The van der Waals surface area contributed by atoms with Crippen LogP contribution in [0.2, 0.25) is 0 Å². The lowest BCUT2D eigenvalue weighted by Gasteiger charge is -2.33. The van der Waals surface area contributed by atoms with E-state index in [1.165, 1.54) is 24.6 Å². The lowest BCUT2D eigenvalue weighted by Crippen LogP contribution is -2.36. The second kappa shape index (κ2) is 8.05. The van der Waals surface area contributed by atoms with Crippen LogP contribution in [0.5, 0.6) is 0 Å². The molecule has 0 N–H and O–H groups in total. The first-order chi connectivity index (χ1) is 13.2. The molecule has 27 heavy (non-hydrogen) atoms. The molecule has 0 saturated carbocycles. The predicted octanol–water partition coefficient (Wildman–Crippen LogP) is 4.91. The summed E-state index contributed by atoms with van der Waals surface area (Å²) < 4.78 is 15.8. The third-order valence-electron chi connectivity index (χ3n) is 5.43. The molecule has 1 fully saturated rings. The molecule has 4 rings (SSSR count). The zero-order chi connectivity index (χ0) is 18.6. The van der Waals surface area contributed by atoms with E-state index in [4.69, 9.17) is 0 Å². The van der Waals surface area contributed by atoms with E-state index >= 15 is 0 Å². The molecule has 140 valence electrons. The summed E-state index contributed by atoms with van der Waals surface area (Å²) in [6.45, 7) is 6.06. The van der Waals surface area contributed by atoms with Gasteiger partial charge in [0.2, 0.25) is 0 Å². The van der Waals surface area contributed by atoms with Gasteiger partial charge in [0.05, 0.1) is 0 Å². The van der Waals surface area contributed by atoms with Gasteiger partial charge in [-0.1, -0.05) is 42.5 Å². The summed E-state index contributed by atoms with van der Waals surface area (Å²) in [6.07, 6.45) is 4.38. The number of nitrogens with zero attached hydrogens (tertiary/aromatic N) is 3. The van der Waals surface area contributed by atoms with Crippen LogP contribution in [0.3, 0.4) is 0 Å². The highest BCUT2D eigenvalue weighted by molar-refractivity contribution is 5.55. The first-order valence-corrected chi connectivity index (χ1v) is 9.73. The zero-order valence-corrected chi connectivity index (χ0v) is 15.8. The Kier molecular flexibility index (Phi) is 5.35. The summed E-state index contributed by atoms with van der Waals surface area (Å²) in [5.74, 6) is 1.49. The average molecular weight is 363 g/mol. The van der Waals surface area contributed by atoms with Crippen molar-refractivity contribution in [2.24, 2.45) is 5.92 Å². The Morgan fingerprint density at radius 3 is 2.78 bits per heavy atom. The molecule has 1 aliphatic rings. The van der Waals surface area contributed by atoms with E-state index in [-0.39, 0.29) is 5.82 Å². The molecule has 2 aromatic carbocycles. The Hall–Kier alpha value is -2.46. The number of aromatic nitrogens is 2. The van der Waals surface area contributed by atoms with E-state index in [0.717, 1.165) is 43.1 Å². The molecule has 2 heterocycles. The van der Waals surface area contributed by atoms with Crippen molar-refractivity contribution in [3.8, 4) is 11.4 Å². The van der Waals surface area contributed by atoms with Crippen LogP contribution < -0.4 is 0 Å². The van der Waals surface area contributed by atoms with Gasteiger partial charge in [-0.3, -0.25) is 4.90 Å². The number of benzene rings is 2. The van der Waals surface area contributed by atoms with Crippen LogP contribution in [0.1, 0.15) is 24.1 Å². The third-order valence-corrected chi connectivity index (χ3v) is 5.43. The number of likely N-dealkylation sites (tertiary alicyclic amines) is 1. The van der Waals surface area contributed by atoms with Gasteiger partial charge in [0.25, 0.3) is 0 Å². The van der Waals surface area contributed by atoms with E-state index < -0.39 is 0 Å². The molecule has 0 amide bonds. The van der Waals surface area contributed by atoms with Gasteiger partial charge in [0, 0.05) is 37.1 Å². The van der Waals surface area contributed by atoms with E-state index in [9.17, 15) is 4.39 Å². The molecule has 1 aliphatic heterocycles. The van der Waals surface area contributed by atoms with E-state index in [1.807, 2.05) is 18.3 Å². The second-order valence-electron chi connectivity index (χ2n) is 7.57. The monoisotopic (exact) mass is 363 g/mol. The molecule has 1 saturated heterocycles. The number of hydrogen-bond donors (Lipinski definition) is 0. The molecular weight excluding hydrogens is 337 g/mol. The number of aryl methyl sites for hydroxylation is 1. The Balaban J connectivity index is 1.46. The molecule has 3 aromatic rings. The minimum Gasteiger partial charge on any atom is -0.328 e. The van der Waals surface area contributed by atoms with Gasteiger partial charge in [-0.05, 0) is 49.9 Å². The molecule has 1 aromatic heterocycles. The quantitative estimate of drug-likeness (QED) is 0.642. The molecule has 1 unspecified atom stereocenters. The van der Waals surface area contributed by atoms with Gasteiger partial charge in [0.1, 0.15) is 11.6 Å². The Morgan fingerprint density at radius 1 is 1.11 bits per heavy atom. The Morgan fingerprint density at radius 2 is 1.96 bits per heavy atom. The molecule has 1 atom stereocenters. The maximum absolute atomic E-state index is 13.5. The highest BCUT2D eigenvalue weighted by atomic mass is 19.1. The molecule has 0 aliphatic carbocycles. The van der Waals surface area contributed by atoms with E-state index in [0.29, 0.717) is 5.92 Å². The van der Waals surface area contributed by atoms with Crippen molar-refractivity contribution in [3.05, 3.63) is 77.9 Å². The zero-order valence-electron chi connectivity index (χ0n) is 15.8. The van der Waals surface area contributed by atoms with Gasteiger partial charge >= 0.3 is 0 Å². The number of hydrogen-bond acceptors (Lipinski definition) is 2. The normalized spacial score (nSPS) is 17.9. The smallest absolute Gasteiger partial charge is 0.140 e. The number of halogens is 1. The second-order valence-corrected chi connectivity index (χ2v) is 7.57. The average Bonchev–Trinajstić information content (AvgIpc) is 3.03. The first kappa shape index (κ1) is 17.9. The predicted molar refractivity (Wildman–Crippen MR) is 107 cm³/mol. The summed E-state index contributed by atoms with van der Waals surface area (Å²) in [7, 11) is 0. The van der Waals surface area contributed by atoms with E-state index in [2.05, 4.69) is 45.6 Å². The minimum atomic E-state index is -0.150. The van der Waals surface area contributed by atoms with Gasteiger partial charge in [0.15, 0.2) is 0 Å². The number of piperidine rings is 1. The standard InChI is InChI=1S/C23H26FN3/c1-18-14-25-23(21-9-3-2-4-10-21)27(18)17-20-8-6-12-26(16-20)15-19-7-5-11-22(24)13-19/h2-5,7,9-11,13-14,20H,6,8,12,15-17H2,1H3. The lowest BCUT2D eigenvalue weighted by molar-refractivity contribution is 0.156. The topological polar surface area (TPSA) is 21.1 Å². The van der Waals surface area contributed by atoms with Crippen LogP contribution >= 0.6 is 0 Å². The molecule has 0 bridgehead atoms. The van der Waals surface area contributed by atoms with Crippen molar-refractivity contribution in [2.75, 3.05) is 13.1 Å². The van der Waals surface area contributed by atoms with Crippen molar-refractivity contribution in [2.45, 2.75) is 32.9 Å². The summed E-state index contributed by atoms with van der Waals surface area (Å²) in [6, 6.07) is 17.4. The van der Waals surface area contributed by atoms with Crippen LogP contribution in [-0.2, 0) is 13.1 Å². The van der Waals surface area contributed by atoms with Gasteiger partial charge in [-0.25, -0.2) is 9.37 Å². The number of imidazole rings is 1. The fraction of sp³-hybridized carbons (Fsp3) is 0.348. The summed E-state index contributed by atoms with van der Waals surface area (Å²) >= 11 is 0. The number of rotatable bonds is 5. The molecule has 0 radical (unpaired) electrons. The van der Waals surface area contributed by atoms with Gasteiger partial charge in [-0.2, -0.15) is 0 Å². The van der Waals surface area contributed by atoms with Crippen LogP contribution in [-0.4, -0.2) is 27.5 Å². The van der Waals surface area contributed by atoms with E-state index in [1.54, 1.807) is 12.1 Å². The lowest BCUT2D eigenvalue weighted by atomic mass is 9.97. The summed E-state index contributed by atoms with van der Waals surface area (Å²) in [5, 5.41) is 0. The van der Waals surface area contributed by atoms with Crippen LogP contribution in [0.25, 0.3) is 11.4 Å². The maximum Gasteiger partial charge on any atom is 0.140 e. The molecule has 0 spiro atoms. The van der Waals surface area contributed by atoms with Crippen molar-refractivity contribution in [3.63, 3.8) is 0 Å². The van der Waals surface area contributed by atoms with Crippen molar-refractivity contribution in [1.82, 2.24) is 14.5 Å². The SMILES string of the molecule is Cc1cnc(-c2ccccc2)n1CC1CCCN(Cc2cccc(F)c2)C1. The largest absolute Gasteiger partial charge is 0.328 e. The highest BCUT2D eigenvalue weighted by Crippen LogP contribution is 2.25. The van der Waals surface area contributed by atoms with Gasteiger partial charge < -0.3 is 4.57 Å². The van der Waals surface area contributed by atoms with Crippen molar-refractivity contribution in [1.29, 1.82) is 0 Å². The summed E-state index contributed by atoms with van der Waals surface area (Å²) in [5.41, 5.74) is 3.42. The fourth-order valence-corrected chi connectivity index (χ4v) is 4.10. The van der Waals surface area contributed by atoms with Crippen LogP contribution in [0.15, 0.2) is 60.8 Å². The molecule has 4 heteroatoms. The first-order valence-electron chi connectivity index (χ1n) is 9.73. The molecule has 3 nitrogen and oxygen atoms in total.